The molecular weight excluding hydrogens is 375 g/mol. The molecule has 0 amide bonds. The van der Waals surface area contributed by atoms with E-state index in [1.807, 2.05) is 0 Å². The summed E-state index contributed by atoms with van der Waals surface area (Å²) in [5, 5.41) is 9.20. The van der Waals surface area contributed by atoms with Crippen LogP contribution in [0.15, 0.2) is 47.0 Å². The largest absolute Gasteiger partial charge is 0.446 e. The van der Waals surface area contributed by atoms with E-state index in [4.69, 9.17) is 0 Å². The molecule has 0 radical (unpaired) electrons. The number of anilines is 1. The van der Waals surface area contributed by atoms with E-state index in [9.17, 15) is 22.8 Å². The van der Waals surface area contributed by atoms with Crippen LogP contribution in [-0.4, -0.2) is 34.4 Å². The summed E-state index contributed by atoms with van der Waals surface area (Å²) in [6.07, 6.45) is 1.08. The number of carbonyl (C=O) groups is 2. The van der Waals surface area contributed by atoms with Crippen LogP contribution in [0, 0.1) is 0 Å². The number of esters is 2. The zero-order valence-electron chi connectivity index (χ0n) is 12.8. The van der Waals surface area contributed by atoms with Crippen molar-refractivity contribution in [1.29, 1.82) is 0 Å². The predicted molar refractivity (Wildman–Crippen MR) is 84.7 cm³/mol. The summed E-state index contributed by atoms with van der Waals surface area (Å²) in [6, 6.07) is 7.33. The fourth-order valence-corrected chi connectivity index (χ4v) is 2.64. The number of alkyl halides is 3. The molecule has 2 N–H and O–H groups in total. The molecule has 26 heavy (non-hydrogen) atoms. The molecule has 7 nitrogen and oxygen atoms in total. The summed E-state index contributed by atoms with van der Waals surface area (Å²) in [6.45, 7) is -0.437. The molecule has 2 aromatic rings. The average Bonchev–Trinajstić information content (AvgIpc) is 3.02. The smallest absolute Gasteiger partial charge is 0.424 e. The SMILES string of the molecule is O=C1OCOC(=O)C1=CNc1cc(-c2cccc(SC(F)(F)F)c2)[nH]n1. The topological polar surface area (TPSA) is 93.3 Å². The third-order valence-electron chi connectivity index (χ3n) is 3.14. The van der Waals surface area contributed by atoms with Gasteiger partial charge in [0.2, 0.25) is 6.79 Å². The second-order valence-electron chi connectivity index (χ2n) is 4.93. The number of nitrogens with zero attached hydrogens (tertiary/aromatic N) is 1. The number of ether oxygens (including phenoxy) is 2. The molecule has 0 unspecified atom stereocenters. The minimum Gasteiger partial charge on any atom is -0.424 e. The number of nitrogens with one attached hydrogen (secondary N) is 2. The molecule has 1 aliphatic heterocycles. The highest BCUT2D eigenvalue weighted by atomic mass is 32.2. The Morgan fingerprint density at radius 1 is 1.19 bits per heavy atom. The summed E-state index contributed by atoms with van der Waals surface area (Å²) in [5.41, 5.74) is -3.77. The summed E-state index contributed by atoms with van der Waals surface area (Å²) in [7, 11) is 0. The fourth-order valence-electron chi connectivity index (χ4n) is 2.04. The van der Waals surface area contributed by atoms with Crippen LogP contribution in [0.3, 0.4) is 0 Å². The summed E-state index contributed by atoms with van der Waals surface area (Å²) >= 11 is -0.216. The van der Waals surface area contributed by atoms with Crippen LogP contribution in [0.4, 0.5) is 19.0 Å². The number of hydrogen-bond acceptors (Lipinski definition) is 7. The number of aromatic amines is 1. The Bertz CT molecular complexity index is 861. The first-order valence-electron chi connectivity index (χ1n) is 7.04. The van der Waals surface area contributed by atoms with Gasteiger partial charge in [0.25, 0.3) is 0 Å². The van der Waals surface area contributed by atoms with E-state index in [1.165, 1.54) is 24.3 Å². The van der Waals surface area contributed by atoms with E-state index < -0.39 is 24.2 Å². The van der Waals surface area contributed by atoms with E-state index >= 15 is 0 Å². The molecule has 136 valence electrons. The van der Waals surface area contributed by atoms with E-state index in [0.29, 0.717) is 11.3 Å². The molecule has 3 rings (SSSR count). The first kappa shape index (κ1) is 17.9. The number of carbonyl (C=O) groups excluding carboxylic acids is 2. The molecule has 0 aliphatic carbocycles. The van der Waals surface area contributed by atoms with Crippen LogP contribution in [0.1, 0.15) is 0 Å². The lowest BCUT2D eigenvalue weighted by molar-refractivity contribution is -0.172. The highest BCUT2D eigenvalue weighted by Crippen LogP contribution is 2.38. The van der Waals surface area contributed by atoms with Crippen molar-refractivity contribution in [3.63, 3.8) is 0 Å². The molecule has 1 aliphatic rings. The van der Waals surface area contributed by atoms with Crippen LogP contribution in [0.25, 0.3) is 11.3 Å². The summed E-state index contributed by atoms with van der Waals surface area (Å²) < 4.78 is 46.5. The predicted octanol–water partition coefficient (Wildman–Crippen LogP) is 3.04. The van der Waals surface area contributed by atoms with Gasteiger partial charge in [-0.15, -0.1) is 0 Å². The van der Waals surface area contributed by atoms with Crippen molar-refractivity contribution in [3.05, 3.63) is 42.1 Å². The quantitative estimate of drug-likeness (QED) is 0.362. The lowest BCUT2D eigenvalue weighted by Crippen LogP contribution is -2.27. The Hall–Kier alpha value is -2.95. The van der Waals surface area contributed by atoms with Gasteiger partial charge >= 0.3 is 17.4 Å². The maximum atomic E-state index is 12.5. The van der Waals surface area contributed by atoms with Crippen LogP contribution in [0.2, 0.25) is 0 Å². The van der Waals surface area contributed by atoms with Crippen LogP contribution in [0.5, 0.6) is 0 Å². The van der Waals surface area contributed by atoms with Gasteiger partial charge in [-0.05, 0) is 23.9 Å². The van der Waals surface area contributed by atoms with Gasteiger partial charge in [-0.3, -0.25) is 5.10 Å². The Morgan fingerprint density at radius 2 is 1.92 bits per heavy atom. The summed E-state index contributed by atoms with van der Waals surface area (Å²) in [4.78, 5) is 22.9. The zero-order valence-corrected chi connectivity index (χ0v) is 13.6. The maximum Gasteiger partial charge on any atom is 0.446 e. The molecule has 11 heteroatoms. The van der Waals surface area contributed by atoms with E-state index in [2.05, 4.69) is 25.0 Å². The third kappa shape index (κ3) is 4.36. The van der Waals surface area contributed by atoms with Gasteiger partial charge in [0.1, 0.15) is 0 Å². The van der Waals surface area contributed by atoms with Gasteiger partial charge in [-0.25, -0.2) is 9.59 Å². The number of H-pyrrole nitrogens is 1. The first-order valence-corrected chi connectivity index (χ1v) is 7.86. The molecule has 0 atom stereocenters. The number of aromatic nitrogens is 2. The highest BCUT2D eigenvalue weighted by Gasteiger charge is 2.29. The second-order valence-corrected chi connectivity index (χ2v) is 6.06. The Kier molecular flexibility index (Phi) is 4.89. The normalized spacial score (nSPS) is 14.7. The molecule has 0 bridgehead atoms. The van der Waals surface area contributed by atoms with Crippen molar-refractivity contribution in [2.75, 3.05) is 12.1 Å². The highest BCUT2D eigenvalue weighted by molar-refractivity contribution is 8.00. The van der Waals surface area contributed by atoms with Crippen molar-refractivity contribution in [3.8, 4) is 11.3 Å². The number of cyclic esters (lactones) is 2. The number of rotatable bonds is 4. The van der Waals surface area contributed by atoms with E-state index in [1.54, 1.807) is 6.07 Å². The van der Waals surface area contributed by atoms with Gasteiger partial charge in [0, 0.05) is 22.7 Å². The second kappa shape index (κ2) is 7.12. The van der Waals surface area contributed by atoms with Gasteiger partial charge in [0.05, 0.1) is 5.69 Å². The standard InChI is InChI=1S/C15H10F3N3O4S/c16-15(17,18)26-9-3-1-2-8(4-9)11-5-12(21-20-11)19-6-10-13(22)24-7-25-14(10)23/h1-6H,7H2,(H2,19,20,21). The van der Waals surface area contributed by atoms with Crippen molar-refractivity contribution in [1.82, 2.24) is 10.2 Å². The van der Waals surface area contributed by atoms with Gasteiger partial charge in [0.15, 0.2) is 11.4 Å². The number of hydrogen-bond donors (Lipinski definition) is 2. The van der Waals surface area contributed by atoms with Crippen LogP contribution < -0.4 is 5.32 Å². The zero-order chi connectivity index (χ0) is 18.7. The number of thioether (sulfide) groups is 1. The molecule has 2 heterocycles. The minimum absolute atomic E-state index is 0.0360. The van der Waals surface area contributed by atoms with E-state index in [0.717, 1.165) is 6.20 Å². The van der Waals surface area contributed by atoms with Crippen LogP contribution in [-0.2, 0) is 19.1 Å². The molecule has 1 saturated heterocycles. The lowest BCUT2D eigenvalue weighted by Gasteiger charge is -2.13. The van der Waals surface area contributed by atoms with E-state index in [-0.39, 0.29) is 28.0 Å². The van der Waals surface area contributed by atoms with Crippen molar-refractivity contribution in [2.24, 2.45) is 0 Å². The van der Waals surface area contributed by atoms with Gasteiger partial charge < -0.3 is 14.8 Å². The average molecular weight is 385 g/mol. The minimum atomic E-state index is -4.38. The molecule has 0 saturated carbocycles. The Labute approximate surface area is 148 Å². The number of benzene rings is 1. The molecular formula is C15H10F3N3O4S. The summed E-state index contributed by atoms with van der Waals surface area (Å²) in [5.74, 6) is -1.42. The number of halogens is 3. The Morgan fingerprint density at radius 3 is 2.62 bits per heavy atom. The fraction of sp³-hybridized carbons (Fsp3) is 0.133. The van der Waals surface area contributed by atoms with Gasteiger partial charge in [-0.2, -0.15) is 18.3 Å². The molecule has 1 fully saturated rings. The molecule has 1 aromatic heterocycles. The molecule has 0 spiro atoms. The Balaban J connectivity index is 1.75. The lowest BCUT2D eigenvalue weighted by atomic mass is 10.1. The third-order valence-corrected chi connectivity index (χ3v) is 3.86. The maximum absolute atomic E-state index is 12.5. The van der Waals surface area contributed by atoms with Gasteiger partial charge in [-0.1, -0.05) is 12.1 Å². The van der Waals surface area contributed by atoms with Crippen molar-refractivity contribution < 1.29 is 32.2 Å². The van der Waals surface area contributed by atoms with Crippen molar-refractivity contribution >= 4 is 29.5 Å². The van der Waals surface area contributed by atoms with Crippen molar-refractivity contribution in [2.45, 2.75) is 10.4 Å². The first-order chi connectivity index (χ1) is 12.3. The van der Waals surface area contributed by atoms with Crippen LogP contribution >= 0.6 is 11.8 Å². The monoisotopic (exact) mass is 385 g/mol. The molecule has 1 aromatic carbocycles.